The van der Waals surface area contributed by atoms with E-state index in [-0.39, 0.29) is 11.3 Å². The summed E-state index contributed by atoms with van der Waals surface area (Å²) in [6, 6.07) is 20.4. The molecule has 0 fully saturated rings. The van der Waals surface area contributed by atoms with E-state index in [2.05, 4.69) is 67.6 Å². The highest BCUT2D eigenvalue weighted by atomic mass is 16.2. The normalized spacial score (nSPS) is 11.4. The second kappa shape index (κ2) is 7.78. The van der Waals surface area contributed by atoms with Gasteiger partial charge in [0.1, 0.15) is 5.69 Å². The molecule has 3 aromatic rings. The van der Waals surface area contributed by atoms with E-state index < -0.39 is 0 Å². The van der Waals surface area contributed by atoms with Crippen molar-refractivity contribution in [3.63, 3.8) is 0 Å². The minimum atomic E-state index is -0.0986. The fourth-order valence-corrected chi connectivity index (χ4v) is 3.02. The number of carbonyl (C=O) groups excluding carboxylic acids is 1. The summed E-state index contributed by atoms with van der Waals surface area (Å²) >= 11 is 0. The summed E-state index contributed by atoms with van der Waals surface area (Å²) in [5.41, 5.74) is 5.00. The Morgan fingerprint density at radius 1 is 1.04 bits per heavy atom. The standard InChI is InChI=1S/C23H27N3O/c1-23(2,3)19-12-10-18(11-13-19)20-16-21(26(4)25-20)22(27)24-15-14-17-8-6-5-7-9-17/h5-13,16H,14-15H2,1-4H3,(H,24,27). The van der Waals surface area contributed by atoms with E-state index in [1.54, 1.807) is 11.7 Å². The zero-order valence-corrected chi connectivity index (χ0v) is 16.5. The van der Waals surface area contributed by atoms with Crippen LogP contribution in [0.5, 0.6) is 0 Å². The van der Waals surface area contributed by atoms with Crippen molar-refractivity contribution in [3.8, 4) is 11.3 Å². The number of carbonyl (C=O) groups is 1. The maximum absolute atomic E-state index is 12.5. The molecule has 1 aromatic heterocycles. The molecule has 27 heavy (non-hydrogen) atoms. The first-order valence-electron chi connectivity index (χ1n) is 9.32. The van der Waals surface area contributed by atoms with Crippen molar-refractivity contribution < 1.29 is 4.79 Å². The molecule has 4 nitrogen and oxygen atoms in total. The van der Waals surface area contributed by atoms with Crippen molar-refractivity contribution in [1.82, 2.24) is 15.1 Å². The van der Waals surface area contributed by atoms with Gasteiger partial charge in [-0.1, -0.05) is 75.4 Å². The topological polar surface area (TPSA) is 46.9 Å². The Bertz CT molecular complexity index is 903. The number of amides is 1. The molecule has 0 aliphatic rings. The molecule has 0 bridgehead atoms. The van der Waals surface area contributed by atoms with Gasteiger partial charge in [0, 0.05) is 19.2 Å². The maximum atomic E-state index is 12.5. The van der Waals surface area contributed by atoms with Crippen molar-refractivity contribution in [2.45, 2.75) is 32.6 Å². The van der Waals surface area contributed by atoms with Crippen LogP contribution in [0, 0.1) is 0 Å². The fraction of sp³-hybridized carbons (Fsp3) is 0.304. The minimum absolute atomic E-state index is 0.0986. The zero-order chi connectivity index (χ0) is 19.4. The highest BCUT2D eigenvalue weighted by Crippen LogP contribution is 2.25. The van der Waals surface area contributed by atoms with Crippen molar-refractivity contribution in [1.29, 1.82) is 0 Å². The van der Waals surface area contributed by atoms with Crippen LogP contribution in [0.2, 0.25) is 0 Å². The van der Waals surface area contributed by atoms with E-state index in [0.29, 0.717) is 12.2 Å². The predicted molar refractivity (Wildman–Crippen MR) is 110 cm³/mol. The van der Waals surface area contributed by atoms with Gasteiger partial charge in [-0.05, 0) is 29.0 Å². The minimum Gasteiger partial charge on any atom is -0.350 e. The van der Waals surface area contributed by atoms with Gasteiger partial charge < -0.3 is 5.32 Å². The fourth-order valence-electron chi connectivity index (χ4n) is 3.02. The molecule has 0 aliphatic heterocycles. The van der Waals surface area contributed by atoms with Gasteiger partial charge in [-0.15, -0.1) is 0 Å². The molecule has 0 atom stereocenters. The van der Waals surface area contributed by atoms with E-state index in [9.17, 15) is 4.79 Å². The summed E-state index contributed by atoms with van der Waals surface area (Å²) in [7, 11) is 1.80. The van der Waals surface area contributed by atoms with Crippen LogP contribution >= 0.6 is 0 Å². The number of nitrogens with zero attached hydrogens (tertiary/aromatic N) is 2. The Labute approximate surface area is 161 Å². The van der Waals surface area contributed by atoms with Gasteiger partial charge in [-0.25, -0.2) is 0 Å². The van der Waals surface area contributed by atoms with Crippen molar-refractivity contribution in [2.75, 3.05) is 6.54 Å². The van der Waals surface area contributed by atoms with Crippen molar-refractivity contribution in [2.24, 2.45) is 7.05 Å². The highest BCUT2D eigenvalue weighted by molar-refractivity contribution is 5.93. The molecular formula is C23H27N3O. The third-order valence-electron chi connectivity index (χ3n) is 4.70. The number of nitrogens with one attached hydrogen (secondary N) is 1. The molecule has 140 valence electrons. The quantitative estimate of drug-likeness (QED) is 0.734. The van der Waals surface area contributed by atoms with E-state index >= 15 is 0 Å². The zero-order valence-electron chi connectivity index (χ0n) is 16.5. The van der Waals surface area contributed by atoms with E-state index in [1.807, 2.05) is 24.3 Å². The van der Waals surface area contributed by atoms with E-state index in [4.69, 9.17) is 0 Å². The number of rotatable bonds is 5. The Morgan fingerprint density at radius 2 is 1.70 bits per heavy atom. The monoisotopic (exact) mass is 361 g/mol. The third kappa shape index (κ3) is 4.64. The van der Waals surface area contributed by atoms with Gasteiger partial charge in [-0.3, -0.25) is 9.48 Å². The number of aryl methyl sites for hydroxylation is 1. The first-order valence-corrected chi connectivity index (χ1v) is 9.32. The highest BCUT2D eigenvalue weighted by Gasteiger charge is 2.16. The van der Waals surface area contributed by atoms with Gasteiger partial charge in [-0.2, -0.15) is 5.10 Å². The molecule has 0 saturated heterocycles. The third-order valence-corrected chi connectivity index (χ3v) is 4.70. The van der Waals surface area contributed by atoms with Crippen LogP contribution in [-0.4, -0.2) is 22.2 Å². The predicted octanol–water partition coefficient (Wildman–Crippen LogP) is 4.36. The van der Waals surface area contributed by atoms with Crippen LogP contribution < -0.4 is 5.32 Å². The summed E-state index contributed by atoms with van der Waals surface area (Å²) < 4.78 is 1.64. The van der Waals surface area contributed by atoms with Gasteiger partial charge in [0.15, 0.2) is 0 Å². The molecule has 0 saturated carbocycles. The second-order valence-electron chi connectivity index (χ2n) is 7.86. The summed E-state index contributed by atoms with van der Waals surface area (Å²) in [6.07, 6.45) is 0.811. The van der Waals surface area contributed by atoms with E-state index in [0.717, 1.165) is 17.7 Å². The molecule has 3 rings (SSSR count). The molecule has 2 aromatic carbocycles. The van der Waals surface area contributed by atoms with Crippen LogP contribution in [-0.2, 0) is 18.9 Å². The number of hydrogen-bond donors (Lipinski definition) is 1. The smallest absolute Gasteiger partial charge is 0.269 e. The van der Waals surface area contributed by atoms with Gasteiger partial charge in [0.25, 0.3) is 5.91 Å². The summed E-state index contributed by atoms with van der Waals surface area (Å²) in [6.45, 7) is 7.19. The molecule has 1 N–H and O–H groups in total. The lowest BCUT2D eigenvalue weighted by Crippen LogP contribution is -2.27. The summed E-state index contributed by atoms with van der Waals surface area (Å²) in [5.74, 6) is -0.0986. The van der Waals surface area contributed by atoms with E-state index in [1.165, 1.54) is 11.1 Å². The molecule has 0 spiro atoms. The van der Waals surface area contributed by atoms with Crippen LogP contribution in [0.25, 0.3) is 11.3 Å². The molecule has 0 unspecified atom stereocenters. The number of hydrogen-bond acceptors (Lipinski definition) is 2. The van der Waals surface area contributed by atoms with Crippen LogP contribution in [0.4, 0.5) is 0 Å². The maximum Gasteiger partial charge on any atom is 0.269 e. The average Bonchev–Trinajstić information content (AvgIpc) is 3.04. The molecule has 1 amide bonds. The lowest BCUT2D eigenvalue weighted by atomic mass is 9.86. The molecule has 4 heteroatoms. The van der Waals surface area contributed by atoms with Gasteiger partial charge >= 0.3 is 0 Å². The lowest BCUT2D eigenvalue weighted by molar-refractivity contribution is 0.0944. The molecule has 1 heterocycles. The Balaban J connectivity index is 1.67. The Morgan fingerprint density at radius 3 is 2.33 bits per heavy atom. The number of aromatic nitrogens is 2. The van der Waals surface area contributed by atoms with Crippen LogP contribution in [0.3, 0.4) is 0 Å². The van der Waals surface area contributed by atoms with Crippen LogP contribution in [0.1, 0.15) is 42.4 Å². The number of benzene rings is 2. The largest absolute Gasteiger partial charge is 0.350 e. The summed E-state index contributed by atoms with van der Waals surface area (Å²) in [4.78, 5) is 12.5. The first kappa shape index (κ1) is 18.9. The van der Waals surface area contributed by atoms with Crippen molar-refractivity contribution in [3.05, 3.63) is 77.5 Å². The second-order valence-corrected chi connectivity index (χ2v) is 7.86. The van der Waals surface area contributed by atoms with Gasteiger partial charge in [0.05, 0.1) is 5.69 Å². The van der Waals surface area contributed by atoms with Crippen molar-refractivity contribution >= 4 is 5.91 Å². The molecule has 0 aliphatic carbocycles. The van der Waals surface area contributed by atoms with Gasteiger partial charge in [0.2, 0.25) is 0 Å². The van der Waals surface area contributed by atoms with Crippen LogP contribution in [0.15, 0.2) is 60.7 Å². The first-order chi connectivity index (χ1) is 12.8. The lowest BCUT2D eigenvalue weighted by Gasteiger charge is -2.18. The Hall–Kier alpha value is -2.88. The average molecular weight is 361 g/mol. The summed E-state index contributed by atoms with van der Waals surface area (Å²) in [5, 5.41) is 7.50. The molecular weight excluding hydrogens is 334 g/mol. The SMILES string of the molecule is Cn1nc(-c2ccc(C(C)(C)C)cc2)cc1C(=O)NCCc1ccccc1. The molecule has 0 radical (unpaired) electrons. The Kier molecular flexibility index (Phi) is 5.45.